The van der Waals surface area contributed by atoms with Crippen molar-refractivity contribution in [1.29, 1.82) is 0 Å². The maximum atomic E-state index is 11.5. The third-order valence-electron chi connectivity index (χ3n) is 3.90. The maximum absolute atomic E-state index is 11.5. The third kappa shape index (κ3) is 2.42. The van der Waals surface area contributed by atoms with E-state index in [0.717, 1.165) is 18.6 Å². The minimum absolute atomic E-state index is 0.400. The number of rotatable bonds is 3. The van der Waals surface area contributed by atoms with Crippen molar-refractivity contribution in [2.75, 3.05) is 19.7 Å². The van der Waals surface area contributed by atoms with Gasteiger partial charge in [0.1, 0.15) is 0 Å². The average molecular weight is 273 g/mol. The molecule has 5 nitrogen and oxygen atoms in total. The second-order valence-electron chi connectivity index (χ2n) is 5.55. The Bertz CT molecular complexity index is 637. The molecular weight excluding hydrogens is 254 g/mol. The van der Waals surface area contributed by atoms with Crippen molar-refractivity contribution in [3.63, 3.8) is 0 Å². The predicted octanol–water partition coefficient (Wildman–Crippen LogP) is 1.24. The van der Waals surface area contributed by atoms with E-state index in [2.05, 4.69) is 34.1 Å². The number of nitrogens with zero attached hydrogens (tertiary/aromatic N) is 1. The maximum Gasteiger partial charge on any atom is 0.250 e. The normalized spacial score (nSPS) is 24.1. The van der Waals surface area contributed by atoms with Crippen molar-refractivity contribution in [2.45, 2.75) is 19.1 Å². The quantitative estimate of drug-likeness (QED) is 0.884. The lowest BCUT2D eigenvalue weighted by atomic mass is 10.0. The third-order valence-corrected chi connectivity index (χ3v) is 3.90. The Labute approximate surface area is 117 Å². The first-order chi connectivity index (χ1) is 9.57. The van der Waals surface area contributed by atoms with Crippen molar-refractivity contribution >= 4 is 16.8 Å². The van der Waals surface area contributed by atoms with E-state index < -0.39 is 11.5 Å². The van der Waals surface area contributed by atoms with E-state index >= 15 is 0 Å². The lowest BCUT2D eigenvalue weighted by Crippen LogP contribution is -2.56. The highest BCUT2D eigenvalue weighted by molar-refractivity contribution is 5.83. The van der Waals surface area contributed by atoms with Crippen LogP contribution in [-0.4, -0.2) is 41.1 Å². The Hall–Kier alpha value is -1.85. The molecular formula is C15H19N3O2. The Morgan fingerprint density at radius 2 is 2.35 bits per heavy atom. The monoisotopic (exact) mass is 273 g/mol. The van der Waals surface area contributed by atoms with Crippen molar-refractivity contribution in [3.05, 3.63) is 36.0 Å². The molecule has 1 aliphatic rings. The fourth-order valence-electron chi connectivity index (χ4n) is 2.69. The summed E-state index contributed by atoms with van der Waals surface area (Å²) in [5.41, 5.74) is 6.91. The molecule has 0 aliphatic carbocycles. The molecule has 1 saturated heterocycles. The fourth-order valence-corrected chi connectivity index (χ4v) is 2.69. The van der Waals surface area contributed by atoms with Crippen LogP contribution in [0.4, 0.5) is 0 Å². The van der Waals surface area contributed by atoms with Crippen LogP contribution >= 0.6 is 0 Å². The van der Waals surface area contributed by atoms with Gasteiger partial charge in [0, 0.05) is 31.3 Å². The minimum Gasteiger partial charge on any atom is -0.367 e. The van der Waals surface area contributed by atoms with E-state index in [1.807, 2.05) is 6.20 Å². The summed E-state index contributed by atoms with van der Waals surface area (Å²) >= 11 is 0. The molecule has 0 radical (unpaired) electrons. The minimum atomic E-state index is -0.879. The van der Waals surface area contributed by atoms with Crippen molar-refractivity contribution in [3.8, 4) is 0 Å². The molecule has 0 saturated carbocycles. The number of amides is 1. The van der Waals surface area contributed by atoms with Gasteiger partial charge in [-0.3, -0.25) is 9.69 Å². The molecule has 0 bridgehead atoms. The number of carbonyl (C=O) groups excluding carboxylic acids is 1. The summed E-state index contributed by atoms with van der Waals surface area (Å²) in [4.78, 5) is 16.9. The highest BCUT2D eigenvalue weighted by Crippen LogP contribution is 2.21. The van der Waals surface area contributed by atoms with Gasteiger partial charge < -0.3 is 15.5 Å². The van der Waals surface area contributed by atoms with E-state index in [1.54, 1.807) is 6.92 Å². The number of aromatic nitrogens is 1. The number of primary amides is 1. The molecule has 0 spiro atoms. The Morgan fingerprint density at radius 1 is 1.50 bits per heavy atom. The number of nitrogens with one attached hydrogen (secondary N) is 1. The van der Waals surface area contributed by atoms with Gasteiger partial charge in [-0.2, -0.15) is 0 Å². The molecule has 1 aromatic carbocycles. The first-order valence-corrected chi connectivity index (χ1v) is 6.79. The number of hydrogen-bond acceptors (Lipinski definition) is 3. The number of fused-ring (bicyclic) bond motifs is 1. The molecule has 1 amide bonds. The molecule has 0 unspecified atom stereocenters. The smallest absolute Gasteiger partial charge is 0.250 e. The molecule has 1 atom stereocenters. The zero-order valence-electron chi connectivity index (χ0n) is 11.6. The van der Waals surface area contributed by atoms with E-state index in [0.29, 0.717) is 13.2 Å². The molecule has 20 heavy (non-hydrogen) atoms. The molecule has 2 heterocycles. The van der Waals surface area contributed by atoms with E-state index in [9.17, 15) is 4.79 Å². The largest absolute Gasteiger partial charge is 0.367 e. The number of carbonyl (C=O) groups is 1. The van der Waals surface area contributed by atoms with Crippen LogP contribution in [0.5, 0.6) is 0 Å². The summed E-state index contributed by atoms with van der Waals surface area (Å²) in [6.07, 6.45) is 1.94. The van der Waals surface area contributed by atoms with Gasteiger partial charge in [0.25, 0.3) is 5.91 Å². The second kappa shape index (κ2) is 4.92. The Balaban J connectivity index is 1.75. The number of H-pyrrole nitrogens is 1. The zero-order chi connectivity index (χ0) is 14.2. The molecule has 2 aromatic rings. The van der Waals surface area contributed by atoms with Gasteiger partial charge in [0.15, 0.2) is 5.60 Å². The van der Waals surface area contributed by atoms with Crippen molar-refractivity contribution in [1.82, 2.24) is 9.88 Å². The lowest BCUT2D eigenvalue weighted by molar-refractivity contribution is -0.153. The number of benzene rings is 1. The van der Waals surface area contributed by atoms with Gasteiger partial charge in [-0.1, -0.05) is 6.07 Å². The van der Waals surface area contributed by atoms with E-state index in [-0.39, 0.29) is 0 Å². The average Bonchev–Trinajstić information content (AvgIpc) is 2.86. The van der Waals surface area contributed by atoms with Crippen LogP contribution in [0.3, 0.4) is 0 Å². The van der Waals surface area contributed by atoms with Crippen LogP contribution in [0.1, 0.15) is 12.5 Å². The summed E-state index contributed by atoms with van der Waals surface area (Å²) in [6.45, 7) is 4.44. The predicted molar refractivity (Wildman–Crippen MR) is 77.1 cm³/mol. The number of hydrogen-bond donors (Lipinski definition) is 2. The standard InChI is InChI=1S/C15H19N3O2/c1-15(14(16)19)10-18(6-7-20-15)9-11-2-3-13-12(8-11)4-5-17-13/h2-5,8,17H,6-7,9-10H2,1H3,(H2,16,19)/t15-/m0/s1. The van der Waals surface area contributed by atoms with Crippen LogP contribution in [0.25, 0.3) is 10.9 Å². The number of nitrogens with two attached hydrogens (primary N) is 1. The molecule has 3 N–H and O–H groups in total. The topological polar surface area (TPSA) is 71.4 Å². The number of ether oxygens (including phenoxy) is 1. The molecule has 1 aliphatic heterocycles. The molecule has 5 heteroatoms. The van der Waals surface area contributed by atoms with Crippen LogP contribution in [-0.2, 0) is 16.1 Å². The summed E-state index contributed by atoms with van der Waals surface area (Å²) < 4.78 is 5.53. The van der Waals surface area contributed by atoms with Gasteiger partial charge >= 0.3 is 0 Å². The van der Waals surface area contributed by atoms with E-state index in [1.165, 1.54) is 10.9 Å². The Kier molecular flexibility index (Phi) is 3.23. The molecule has 106 valence electrons. The lowest BCUT2D eigenvalue weighted by Gasteiger charge is -2.38. The van der Waals surface area contributed by atoms with Crippen LogP contribution in [0, 0.1) is 0 Å². The van der Waals surface area contributed by atoms with Crippen LogP contribution < -0.4 is 5.73 Å². The molecule has 3 rings (SSSR count). The summed E-state index contributed by atoms with van der Waals surface area (Å²) in [6, 6.07) is 8.42. The van der Waals surface area contributed by atoms with Crippen LogP contribution in [0.2, 0.25) is 0 Å². The summed E-state index contributed by atoms with van der Waals surface area (Å²) in [5, 5.41) is 1.20. The SMILES string of the molecule is C[C@@]1(C(N)=O)CN(Cc2ccc3[nH]ccc3c2)CCO1. The number of morpholine rings is 1. The van der Waals surface area contributed by atoms with Crippen LogP contribution in [0.15, 0.2) is 30.5 Å². The van der Waals surface area contributed by atoms with E-state index in [4.69, 9.17) is 10.5 Å². The van der Waals surface area contributed by atoms with Gasteiger partial charge in [0.2, 0.25) is 0 Å². The van der Waals surface area contributed by atoms with Crippen molar-refractivity contribution < 1.29 is 9.53 Å². The second-order valence-corrected chi connectivity index (χ2v) is 5.55. The summed E-state index contributed by atoms with van der Waals surface area (Å²) in [5.74, 6) is -0.400. The molecule has 1 aromatic heterocycles. The fraction of sp³-hybridized carbons (Fsp3) is 0.400. The molecule has 1 fully saturated rings. The van der Waals surface area contributed by atoms with Gasteiger partial charge in [-0.05, 0) is 36.1 Å². The zero-order valence-corrected chi connectivity index (χ0v) is 11.6. The highest BCUT2D eigenvalue weighted by atomic mass is 16.5. The first-order valence-electron chi connectivity index (χ1n) is 6.79. The first kappa shape index (κ1) is 13.1. The highest BCUT2D eigenvalue weighted by Gasteiger charge is 2.37. The number of aromatic amines is 1. The van der Waals surface area contributed by atoms with Crippen molar-refractivity contribution in [2.24, 2.45) is 5.73 Å². The van der Waals surface area contributed by atoms with Gasteiger partial charge in [-0.25, -0.2) is 0 Å². The summed E-state index contributed by atoms with van der Waals surface area (Å²) in [7, 11) is 0. The van der Waals surface area contributed by atoms with Gasteiger partial charge in [0.05, 0.1) is 6.61 Å². The Morgan fingerprint density at radius 3 is 3.15 bits per heavy atom. The van der Waals surface area contributed by atoms with Gasteiger partial charge in [-0.15, -0.1) is 0 Å².